The SMILES string of the molecule is C=C/C=C\C(=C/CC)n1c2ccccc2c2ccc(-c3ccccc3)cc21. The Balaban J connectivity index is 2.06. The van der Waals surface area contributed by atoms with E-state index in [2.05, 4.69) is 103 Å². The zero-order chi connectivity index (χ0) is 18.6. The lowest BCUT2D eigenvalue weighted by Crippen LogP contribution is -1.95. The Morgan fingerprint density at radius 1 is 0.852 bits per heavy atom. The zero-order valence-corrected chi connectivity index (χ0v) is 15.6. The minimum absolute atomic E-state index is 0.975. The third-order valence-electron chi connectivity index (χ3n) is 4.86. The summed E-state index contributed by atoms with van der Waals surface area (Å²) in [4.78, 5) is 0. The van der Waals surface area contributed by atoms with Crippen LogP contribution in [0.3, 0.4) is 0 Å². The molecular weight excluding hydrogens is 326 g/mol. The number of hydrogen-bond donors (Lipinski definition) is 0. The fraction of sp³-hybridized carbons (Fsp3) is 0.0769. The normalized spacial score (nSPS) is 12.3. The van der Waals surface area contributed by atoms with Gasteiger partial charge in [-0.15, -0.1) is 0 Å². The Labute approximate surface area is 160 Å². The van der Waals surface area contributed by atoms with Gasteiger partial charge in [0, 0.05) is 16.5 Å². The summed E-state index contributed by atoms with van der Waals surface area (Å²) in [5, 5.41) is 2.56. The van der Waals surface area contributed by atoms with E-state index in [-0.39, 0.29) is 0 Å². The van der Waals surface area contributed by atoms with Gasteiger partial charge in [-0.2, -0.15) is 0 Å². The molecule has 1 nitrogen and oxygen atoms in total. The van der Waals surface area contributed by atoms with E-state index in [1.807, 2.05) is 12.2 Å². The summed E-state index contributed by atoms with van der Waals surface area (Å²) in [5.41, 5.74) is 6.10. The first-order valence-electron chi connectivity index (χ1n) is 9.41. The summed E-state index contributed by atoms with van der Waals surface area (Å²) < 4.78 is 2.36. The Bertz CT molecular complexity index is 1160. The fourth-order valence-electron chi connectivity index (χ4n) is 3.67. The summed E-state index contributed by atoms with van der Waals surface area (Å²) in [7, 11) is 0. The van der Waals surface area contributed by atoms with Crippen molar-refractivity contribution in [2.45, 2.75) is 13.3 Å². The second-order valence-electron chi connectivity index (χ2n) is 6.58. The van der Waals surface area contributed by atoms with Gasteiger partial charge in [0.05, 0.1) is 11.0 Å². The molecule has 0 radical (unpaired) electrons. The van der Waals surface area contributed by atoms with Gasteiger partial charge in [-0.3, -0.25) is 0 Å². The molecule has 0 saturated carbocycles. The lowest BCUT2D eigenvalue weighted by atomic mass is 10.0. The Hall–Kier alpha value is -3.32. The highest BCUT2D eigenvalue weighted by molar-refractivity contribution is 6.11. The van der Waals surface area contributed by atoms with Crippen LogP contribution in [0.4, 0.5) is 0 Å². The monoisotopic (exact) mass is 349 g/mol. The van der Waals surface area contributed by atoms with Crippen LogP contribution >= 0.6 is 0 Å². The second-order valence-corrected chi connectivity index (χ2v) is 6.58. The summed E-state index contributed by atoms with van der Waals surface area (Å²) in [6.45, 7) is 6.00. The van der Waals surface area contributed by atoms with Crippen LogP contribution < -0.4 is 0 Å². The van der Waals surface area contributed by atoms with E-state index in [4.69, 9.17) is 0 Å². The van der Waals surface area contributed by atoms with Crippen LogP contribution in [-0.4, -0.2) is 4.57 Å². The van der Waals surface area contributed by atoms with E-state index >= 15 is 0 Å². The van der Waals surface area contributed by atoms with Gasteiger partial charge in [0.1, 0.15) is 0 Å². The maximum absolute atomic E-state index is 3.83. The molecule has 132 valence electrons. The number of nitrogens with zero attached hydrogens (tertiary/aromatic N) is 1. The number of para-hydroxylation sites is 1. The predicted octanol–water partition coefficient (Wildman–Crippen LogP) is 7.45. The average molecular weight is 349 g/mol. The van der Waals surface area contributed by atoms with Crippen LogP contribution in [0.2, 0.25) is 0 Å². The van der Waals surface area contributed by atoms with E-state index in [1.165, 1.54) is 38.6 Å². The van der Waals surface area contributed by atoms with Crippen LogP contribution in [0.25, 0.3) is 38.6 Å². The van der Waals surface area contributed by atoms with Crippen molar-refractivity contribution < 1.29 is 0 Å². The van der Waals surface area contributed by atoms with Gasteiger partial charge < -0.3 is 4.57 Å². The highest BCUT2D eigenvalue weighted by atomic mass is 15.0. The third kappa shape index (κ3) is 3.13. The minimum Gasteiger partial charge on any atom is -0.310 e. The van der Waals surface area contributed by atoms with Crippen LogP contribution in [0.5, 0.6) is 0 Å². The molecule has 0 atom stereocenters. The molecular formula is C26H23N. The molecule has 0 fully saturated rings. The van der Waals surface area contributed by atoms with Gasteiger partial charge >= 0.3 is 0 Å². The molecule has 1 heterocycles. The van der Waals surface area contributed by atoms with E-state index in [0.717, 1.165) is 6.42 Å². The largest absolute Gasteiger partial charge is 0.310 e. The summed E-state index contributed by atoms with van der Waals surface area (Å²) in [5.74, 6) is 0. The highest BCUT2D eigenvalue weighted by Gasteiger charge is 2.13. The highest BCUT2D eigenvalue weighted by Crippen LogP contribution is 2.34. The number of hydrogen-bond acceptors (Lipinski definition) is 0. The fourth-order valence-corrected chi connectivity index (χ4v) is 3.67. The molecule has 0 aliphatic heterocycles. The molecule has 3 aromatic carbocycles. The molecule has 0 amide bonds. The first-order chi connectivity index (χ1) is 13.3. The Kier molecular flexibility index (Phi) is 4.76. The van der Waals surface area contributed by atoms with Crippen molar-refractivity contribution in [2.75, 3.05) is 0 Å². The summed E-state index contributed by atoms with van der Waals surface area (Å²) in [6, 6.07) is 25.9. The van der Waals surface area contributed by atoms with Crippen LogP contribution in [-0.2, 0) is 0 Å². The van der Waals surface area contributed by atoms with Gasteiger partial charge in [-0.1, -0.05) is 92.4 Å². The molecule has 0 aliphatic carbocycles. The van der Waals surface area contributed by atoms with Gasteiger partial charge in [0.25, 0.3) is 0 Å². The second kappa shape index (κ2) is 7.51. The predicted molar refractivity (Wildman–Crippen MR) is 119 cm³/mol. The number of rotatable bonds is 5. The van der Waals surface area contributed by atoms with Crippen molar-refractivity contribution in [3.63, 3.8) is 0 Å². The van der Waals surface area contributed by atoms with E-state index in [9.17, 15) is 0 Å². The third-order valence-corrected chi connectivity index (χ3v) is 4.86. The number of aromatic nitrogens is 1. The number of fused-ring (bicyclic) bond motifs is 3. The maximum atomic E-state index is 3.83. The van der Waals surface area contributed by atoms with E-state index in [1.54, 1.807) is 0 Å². The topological polar surface area (TPSA) is 4.93 Å². The Morgan fingerprint density at radius 3 is 2.37 bits per heavy atom. The Morgan fingerprint density at radius 2 is 1.59 bits per heavy atom. The van der Waals surface area contributed by atoms with Gasteiger partial charge in [0.15, 0.2) is 0 Å². The standard InChI is InChI=1S/C26H23N/c1-3-5-14-22(11-4-2)27-25-16-10-9-15-23(25)24-18-17-21(19-26(24)27)20-12-7-6-8-13-20/h3,5-19H,1,4H2,2H3/b14-5-,22-11+. The van der Waals surface area contributed by atoms with Gasteiger partial charge in [0.2, 0.25) is 0 Å². The maximum Gasteiger partial charge on any atom is 0.0547 e. The summed E-state index contributed by atoms with van der Waals surface area (Å²) >= 11 is 0. The first kappa shape index (κ1) is 17.1. The van der Waals surface area contributed by atoms with Crippen molar-refractivity contribution in [1.82, 2.24) is 4.57 Å². The molecule has 4 rings (SSSR count). The smallest absolute Gasteiger partial charge is 0.0547 e. The molecule has 1 heteroatoms. The van der Waals surface area contributed by atoms with Crippen molar-refractivity contribution in [2.24, 2.45) is 0 Å². The molecule has 1 aromatic heterocycles. The molecule has 0 bridgehead atoms. The van der Waals surface area contributed by atoms with Gasteiger partial charge in [-0.05, 0) is 35.8 Å². The molecule has 4 aromatic rings. The van der Waals surface area contributed by atoms with Crippen molar-refractivity contribution in [1.29, 1.82) is 0 Å². The molecule has 0 aliphatic rings. The van der Waals surface area contributed by atoms with E-state index < -0.39 is 0 Å². The zero-order valence-electron chi connectivity index (χ0n) is 15.6. The summed E-state index contributed by atoms with van der Waals surface area (Å²) in [6.07, 6.45) is 9.21. The van der Waals surface area contributed by atoms with Crippen LogP contribution in [0.15, 0.2) is 104 Å². The average Bonchev–Trinajstić information content (AvgIpc) is 3.05. The van der Waals surface area contributed by atoms with Crippen molar-refractivity contribution in [3.05, 3.63) is 104 Å². The van der Waals surface area contributed by atoms with Crippen molar-refractivity contribution >= 4 is 27.5 Å². The number of benzene rings is 3. The van der Waals surface area contributed by atoms with Crippen molar-refractivity contribution in [3.8, 4) is 11.1 Å². The number of allylic oxidation sites excluding steroid dienone is 5. The molecule has 0 N–H and O–H groups in total. The van der Waals surface area contributed by atoms with Gasteiger partial charge in [-0.25, -0.2) is 0 Å². The molecule has 0 spiro atoms. The molecule has 27 heavy (non-hydrogen) atoms. The lowest BCUT2D eigenvalue weighted by molar-refractivity contribution is 1.17. The van der Waals surface area contributed by atoms with E-state index in [0.29, 0.717) is 0 Å². The van der Waals surface area contributed by atoms with Crippen LogP contribution in [0.1, 0.15) is 13.3 Å². The molecule has 0 unspecified atom stereocenters. The first-order valence-corrected chi connectivity index (χ1v) is 9.41. The quantitative estimate of drug-likeness (QED) is 0.330. The minimum atomic E-state index is 0.975. The lowest BCUT2D eigenvalue weighted by Gasteiger charge is -2.10. The van der Waals surface area contributed by atoms with Crippen LogP contribution in [0, 0.1) is 0 Å². The molecule has 0 saturated heterocycles.